The van der Waals surface area contributed by atoms with Gasteiger partial charge in [-0.05, 0) is 36.2 Å². The second kappa shape index (κ2) is 8.32. The van der Waals surface area contributed by atoms with Crippen LogP contribution in [-0.4, -0.2) is 35.9 Å². The van der Waals surface area contributed by atoms with Gasteiger partial charge in [0.1, 0.15) is 34.9 Å². The Morgan fingerprint density at radius 2 is 1.73 bits per heavy atom. The third kappa shape index (κ3) is 3.86. The molecule has 7 nitrogen and oxygen atoms in total. The van der Waals surface area contributed by atoms with Gasteiger partial charge in [-0.1, -0.05) is 11.2 Å². The molecule has 0 spiro atoms. The number of hydrogen-bond donors (Lipinski definition) is 1. The van der Waals surface area contributed by atoms with Gasteiger partial charge < -0.3 is 19.3 Å². The van der Waals surface area contributed by atoms with Crippen molar-refractivity contribution in [2.75, 3.05) is 26.1 Å². The molecule has 30 heavy (non-hydrogen) atoms. The molecule has 4 aromatic rings. The molecule has 0 amide bonds. The molecule has 0 fully saturated rings. The molecule has 2 heterocycles. The highest BCUT2D eigenvalue weighted by molar-refractivity contribution is 5.97. The third-order valence-electron chi connectivity index (χ3n) is 4.56. The van der Waals surface area contributed by atoms with Gasteiger partial charge in [-0.25, -0.2) is 13.8 Å². The molecule has 2 aromatic carbocycles. The van der Waals surface area contributed by atoms with E-state index in [-0.39, 0.29) is 17.0 Å². The lowest BCUT2D eigenvalue weighted by atomic mass is 10.1. The fourth-order valence-corrected chi connectivity index (χ4v) is 3.17. The Morgan fingerprint density at radius 1 is 0.967 bits per heavy atom. The maximum absolute atomic E-state index is 13.7. The van der Waals surface area contributed by atoms with Crippen LogP contribution in [-0.2, 0) is 6.42 Å². The number of methoxy groups -OCH3 is 2. The molecule has 0 aliphatic rings. The highest BCUT2D eigenvalue weighted by atomic mass is 19.1. The minimum absolute atomic E-state index is 0.221. The summed E-state index contributed by atoms with van der Waals surface area (Å²) in [5.74, 6) is 0.348. The molecule has 0 saturated carbocycles. The maximum Gasteiger partial charge on any atom is 0.263 e. The number of rotatable bonds is 7. The zero-order valence-corrected chi connectivity index (χ0v) is 16.3. The largest absolute Gasteiger partial charge is 0.493 e. The summed E-state index contributed by atoms with van der Waals surface area (Å²) in [7, 11) is 3.17. The maximum atomic E-state index is 13.7. The van der Waals surface area contributed by atoms with Crippen molar-refractivity contribution in [2.24, 2.45) is 0 Å². The number of fused-ring (bicyclic) bond motifs is 1. The van der Waals surface area contributed by atoms with E-state index in [0.717, 1.165) is 11.6 Å². The monoisotopic (exact) mass is 412 g/mol. The first-order valence-electron chi connectivity index (χ1n) is 9.10. The summed E-state index contributed by atoms with van der Waals surface area (Å²) in [6.45, 7) is 0.531. The number of ether oxygens (including phenoxy) is 2. The van der Waals surface area contributed by atoms with Crippen molar-refractivity contribution in [1.82, 2.24) is 15.1 Å². The molecule has 0 aliphatic carbocycles. The molecule has 0 atom stereocenters. The van der Waals surface area contributed by atoms with E-state index in [9.17, 15) is 8.78 Å². The predicted octanol–water partition coefficient (Wildman–Crippen LogP) is 4.23. The molecule has 0 bridgehead atoms. The summed E-state index contributed by atoms with van der Waals surface area (Å²) < 4.78 is 43.1. The average molecular weight is 412 g/mol. The zero-order chi connectivity index (χ0) is 21.1. The van der Waals surface area contributed by atoms with E-state index in [4.69, 9.17) is 14.0 Å². The molecule has 0 unspecified atom stereocenters. The van der Waals surface area contributed by atoms with Crippen molar-refractivity contribution in [3.8, 4) is 22.8 Å². The topological polar surface area (TPSA) is 82.3 Å². The lowest BCUT2D eigenvalue weighted by Crippen LogP contribution is -2.07. The number of aromatic nitrogens is 3. The van der Waals surface area contributed by atoms with Gasteiger partial charge in [0.05, 0.1) is 14.2 Å². The van der Waals surface area contributed by atoms with Crippen LogP contribution in [0.25, 0.3) is 22.4 Å². The predicted molar refractivity (Wildman–Crippen MR) is 107 cm³/mol. The van der Waals surface area contributed by atoms with Crippen LogP contribution in [0.1, 0.15) is 5.56 Å². The van der Waals surface area contributed by atoms with E-state index in [2.05, 4.69) is 20.4 Å². The second-order valence-electron chi connectivity index (χ2n) is 6.46. The second-order valence-corrected chi connectivity index (χ2v) is 6.46. The molecule has 0 saturated heterocycles. The lowest BCUT2D eigenvalue weighted by Gasteiger charge is -2.10. The highest BCUT2D eigenvalue weighted by Gasteiger charge is 2.18. The summed E-state index contributed by atoms with van der Waals surface area (Å²) in [4.78, 5) is 8.29. The number of nitrogens with zero attached hydrogens (tertiary/aromatic N) is 3. The number of benzene rings is 2. The van der Waals surface area contributed by atoms with Gasteiger partial charge in [-0.2, -0.15) is 4.98 Å². The van der Waals surface area contributed by atoms with Crippen molar-refractivity contribution in [3.05, 3.63) is 59.9 Å². The van der Waals surface area contributed by atoms with Crippen LogP contribution < -0.4 is 14.8 Å². The van der Waals surface area contributed by atoms with E-state index in [1.54, 1.807) is 14.2 Å². The molecule has 2 aromatic heterocycles. The van der Waals surface area contributed by atoms with Gasteiger partial charge in [0.2, 0.25) is 0 Å². The van der Waals surface area contributed by atoms with Gasteiger partial charge >= 0.3 is 0 Å². The summed E-state index contributed by atoms with van der Waals surface area (Å²) >= 11 is 0. The SMILES string of the molecule is COc1ccc(CCNc2ncnc3onc(-c4cc(F)cc(F)c4)c23)cc1OC. The fourth-order valence-electron chi connectivity index (χ4n) is 3.17. The number of halogens is 2. The van der Waals surface area contributed by atoms with Crippen LogP contribution in [0, 0.1) is 11.6 Å². The Bertz CT molecular complexity index is 1180. The van der Waals surface area contributed by atoms with Gasteiger partial charge in [-0.15, -0.1) is 0 Å². The first kappa shape index (κ1) is 19.6. The fraction of sp³-hybridized carbons (Fsp3) is 0.190. The van der Waals surface area contributed by atoms with E-state index >= 15 is 0 Å². The van der Waals surface area contributed by atoms with E-state index in [1.165, 1.54) is 18.5 Å². The first-order chi connectivity index (χ1) is 14.6. The molecule has 0 radical (unpaired) electrons. The van der Waals surface area contributed by atoms with Crippen molar-refractivity contribution in [1.29, 1.82) is 0 Å². The molecular formula is C21H18F2N4O3. The molecule has 154 valence electrons. The Balaban J connectivity index is 1.58. The summed E-state index contributed by atoms with van der Waals surface area (Å²) in [6.07, 6.45) is 2.00. The van der Waals surface area contributed by atoms with E-state index < -0.39 is 11.6 Å². The Labute approximate surface area is 170 Å². The summed E-state index contributed by atoms with van der Waals surface area (Å²) in [5.41, 5.74) is 1.75. The van der Waals surface area contributed by atoms with Crippen LogP contribution in [0.2, 0.25) is 0 Å². The minimum atomic E-state index is -0.707. The highest BCUT2D eigenvalue weighted by Crippen LogP contribution is 2.32. The average Bonchev–Trinajstić information content (AvgIpc) is 3.18. The smallest absolute Gasteiger partial charge is 0.263 e. The molecule has 9 heteroatoms. The van der Waals surface area contributed by atoms with Gasteiger partial charge in [0.25, 0.3) is 5.71 Å². The molecule has 1 N–H and O–H groups in total. The molecular weight excluding hydrogens is 394 g/mol. The van der Waals surface area contributed by atoms with Crippen molar-refractivity contribution in [2.45, 2.75) is 6.42 Å². The standard InChI is InChI=1S/C21H18F2N4O3/c1-28-16-4-3-12(7-17(16)29-2)5-6-24-20-18-19(27-30-21(18)26-11-25-20)13-8-14(22)10-15(23)9-13/h3-4,7-11H,5-6H2,1-2H3,(H,24,25,26). The van der Waals surface area contributed by atoms with Crippen LogP contribution in [0.15, 0.2) is 47.2 Å². The van der Waals surface area contributed by atoms with Crippen molar-refractivity contribution in [3.63, 3.8) is 0 Å². The first-order valence-corrected chi connectivity index (χ1v) is 9.10. The number of hydrogen-bond acceptors (Lipinski definition) is 7. The van der Waals surface area contributed by atoms with Gasteiger partial charge in [-0.3, -0.25) is 0 Å². The van der Waals surface area contributed by atoms with E-state index in [1.807, 2.05) is 18.2 Å². The van der Waals surface area contributed by atoms with Gasteiger partial charge in [0, 0.05) is 18.2 Å². The van der Waals surface area contributed by atoms with Gasteiger partial charge in [0.15, 0.2) is 11.5 Å². The van der Waals surface area contributed by atoms with Crippen molar-refractivity contribution < 1.29 is 22.8 Å². The van der Waals surface area contributed by atoms with Crippen molar-refractivity contribution >= 4 is 16.9 Å². The quantitative estimate of drug-likeness (QED) is 0.486. The van der Waals surface area contributed by atoms with Crippen LogP contribution in [0.4, 0.5) is 14.6 Å². The zero-order valence-electron chi connectivity index (χ0n) is 16.3. The normalized spacial score (nSPS) is 10.9. The molecule has 0 aliphatic heterocycles. The Hall–Kier alpha value is -3.75. The Morgan fingerprint density at radius 3 is 2.47 bits per heavy atom. The van der Waals surface area contributed by atoms with E-state index in [0.29, 0.717) is 35.7 Å². The Kier molecular flexibility index (Phi) is 5.42. The third-order valence-corrected chi connectivity index (χ3v) is 4.56. The van der Waals surface area contributed by atoms with Crippen LogP contribution in [0.3, 0.4) is 0 Å². The number of anilines is 1. The number of nitrogens with one attached hydrogen (secondary N) is 1. The summed E-state index contributed by atoms with van der Waals surface area (Å²) in [5, 5.41) is 7.61. The van der Waals surface area contributed by atoms with Crippen LogP contribution in [0.5, 0.6) is 11.5 Å². The minimum Gasteiger partial charge on any atom is -0.493 e. The lowest BCUT2D eigenvalue weighted by molar-refractivity contribution is 0.354. The van der Waals surface area contributed by atoms with Crippen LogP contribution >= 0.6 is 0 Å². The molecule has 4 rings (SSSR count). The summed E-state index contributed by atoms with van der Waals surface area (Å²) in [6, 6.07) is 8.84.